The average Bonchev–Trinajstić information content (AvgIpc) is 4.42. The van der Waals surface area contributed by atoms with Gasteiger partial charge in [0.15, 0.2) is 0 Å². The van der Waals surface area contributed by atoms with Gasteiger partial charge in [0.05, 0.1) is 16.7 Å². The van der Waals surface area contributed by atoms with Gasteiger partial charge in [-0.15, -0.1) is 0 Å². The lowest BCUT2D eigenvalue weighted by Gasteiger charge is -2.27. The highest BCUT2D eigenvalue weighted by molar-refractivity contribution is 6.12. The fourth-order valence-electron chi connectivity index (χ4n) is 12.2. The molecule has 80 heavy (non-hydrogen) atoms. The predicted octanol–water partition coefficient (Wildman–Crippen LogP) is 21.5. The lowest BCUT2D eigenvalue weighted by Crippen LogP contribution is -2.10. The van der Waals surface area contributed by atoms with Gasteiger partial charge in [0.2, 0.25) is 0 Å². The molecule has 0 bridgehead atoms. The molecule has 374 valence electrons. The molecule has 16 aromatic rings. The van der Waals surface area contributed by atoms with Crippen LogP contribution < -0.4 is 4.90 Å². The quantitative estimate of drug-likeness (QED) is 0.144. The third-order valence-corrected chi connectivity index (χ3v) is 16.2. The molecule has 0 amide bonds. The van der Waals surface area contributed by atoms with Crippen LogP contribution in [0.2, 0.25) is 0 Å². The Hall–Kier alpha value is -10.7. The van der Waals surface area contributed by atoms with Crippen LogP contribution in [-0.4, -0.2) is 4.57 Å². The van der Waals surface area contributed by atoms with Crippen molar-refractivity contribution in [3.05, 3.63) is 291 Å². The predicted molar refractivity (Wildman–Crippen MR) is 335 cm³/mol. The van der Waals surface area contributed by atoms with E-state index in [1.807, 2.05) is 24.3 Å². The van der Waals surface area contributed by atoms with E-state index in [1.54, 1.807) is 0 Å². The summed E-state index contributed by atoms with van der Waals surface area (Å²) in [5.41, 5.74) is 22.1. The molecule has 3 heterocycles. The highest BCUT2D eigenvalue weighted by Gasteiger charge is 2.19. The number of furan rings is 2. The van der Waals surface area contributed by atoms with E-state index in [4.69, 9.17) is 8.83 Å². The maximum absolute atomic E-state index is 6.15. The second-order valence-corrected chi connectivity index (χ2v) is 20.8. The van der Waals surface area contributed by atoms with Gasteiger partial charge in [-0.1, -0.05) is 188 Å². The zero-order chi connectivity index (χ0) is 52.7. The van der Waals surface area contributed by atoms with Gasteiger partial charge < -0.3 is 18.3 Å². The summed E-state index contributed by atoms with van der Waals surface area (Å²) in [5, 5.41) is 9.36. The first-order valence-corrected chi connectivity index (χ1v) is 27.3. The van der Waals surface area contributed by atoms with E-state index in [-0.39, 0.29) is 0 Å². The van der Waals surface area contributed by atoms with Crippen LogP contribution in [0.3, 0.4) is 0 Å². The van der Waals surface area contributed by atoms with E-state index in [9.17, 15) is 0 Å². The number of benzene rings is 13. The Labute approximate surface area is 461 Å². The Bertz CT molecular complexity index is 4810. The summed E-state index contributed by atoms with van der Waals surface area (Å²) in [6.45, 7) is 0. The lowest BCUT2D eigenvalue weighted by atomic mass is 9.97. The fraction of sp³-hybridized carbons (Fsp3) is 0. The third kappa shape index (κ3) is 7.68. The molecule has 0 radical (unpaired) electrons. The molecule has 3 aromatic heterocycles. The normalized spacial score (nSPS) is 11.8. The van der Waals surface area contributed by atoms with Crippen LogP contribution >= 0.6 is 0 Å². The number of fused-ring (bicyclic) bond motifs is 10. The summed E-state index contributed by atoms with van der Waals surface area (Å²) < 4.78 is 14.7. The Kier molecular flexibility index (Phi) is 10.5. The van der Waals surface area contributed by atoms with Gasteiger partial charge in [0, 0.05) is 54.8 Å². The monoisotopic (exact) mass is 1020 g/mol. The first-order valence-electron chi connectivity index (χ1n) is 27.3. The first-order chi connectivity index (χ1) is 39.6. The second-order valence-electron chi connectivity index (χ2n) is 20.8. The minimum atomic E-state index is 0.905. The summed E-state index contributed by atoms with van der Waals surface area (Å²) in [6.07, 6.45) is 0. The molecule has 0 unspecified atom stereocenters. The molecule has 0 N–H and O–H groups in total. The van der Waals surface area contributed by atoms with E-state index >= 15 is 0 Å². The molecule has 16 rings (SSSR count). The fourth-order valence-corrected chi connectivity index (χ4v) is 12.2. The molecule has 0 atom stereocenters. The molecule has 0 saturated heterocycles. The maximum atomic E-state index is 6.15. The van der Waals surface area contributed by atoms with Crippen molar-refractivity contribution in [2.75, 3.05) is 4.90 Å². The van der Waals surface area contributed by atoms with Crippen LogP contribution in [0.15, 0.2) is 300 Å². The van der Waals surface area contributed by atoms with Crippen LogP contribution in [0.25, 0.3) is 138 Å². The van der Waals surface area contributed by atoms with E-state index in [0.29, 0.717) is 0 Å². The topological polar surface area (TPSA) is 34.5 Å². The van der Waals surface area contributed by atoms with Crippen LogP contribution in [-0.2, 0) is 0 Å². The summed E-state index contributed by atoms with van der Waals surface area (Å²) in [7, 11) is 0. The van der Waals surface area contributed by atoms with Crippen molar-refractivity contribution in [3.8, 4) is 61.3 Å². The van der Waals surface area contributed by atoms with E-state index in [2.05, 4.69) is 276 Å². The maximum Gasteiger partial charge on any atom is 0.135 e. The van der Waals surface area contributed by atoms with Gasteiger partial charge >= 0.3 is 0 Å². The Morgan fingerprint density at radius 3 is 1.12 bits per heavy atom. The average molecular weight is 1020 g/mol. The van der Waals surface area contributed by atoms with Gasteiger partial charge in [-0.2, -0.15) is 0 Å². The van der Waals surface area contributed by atoms with Crippen molar-refractivity contribution in [2.24, 2.45) is 0 Å². The second kappa shape index (κ2) is 18.5. The molecular formula is C76H48N2O2. The summed E-state index contributed by atoms with van der Waals surface area (Å²) in [4.78, 5) is 2.35. The lowest BCUT2D eigenvalue weighted by molar-refractivity contribution is 0.668. The van der Waals surface area contributed by atoms with Gasteiger partial charge in [0.1, 0.15) is 22.3 Å². The molecule has 0 aliphatic rings. The number of aromatic nitrogens is 1. The van der Waals surface area contributed by atoms with Gasteiger partial charge in [-0.3, -0.25) is 0 Å². The summed E-state index contributed by atoms with van der Waals surface area (Å²) in [5.74, 6) is 0. The van der Waals surface area contributed by atoms with Crippen molar-refractivity contribution in [1.82, 2.24) is 4.57 Å². The van der Waals surface area contributed by atoms with Crippen molar-refractivity contribution in [3.63, 3.8) is 0 Å². The van der Waals surface area contributed by atoms with Crippen molar-refractivity contribution in [2.45, 2.75) is 0 Å². The van der Waals surface area contributed by atoms with Crippen molar-refractivity contribution in [1.29, 1.82) is 0 Å². The number of hydrogen-bond donors (Lipinski definition) is 0. The minimum absolute atomic E-state index is 0.905. The molecule has 0 aliphatic heterocycles. The Balaban J connectivity index is 0.759. The SMILES string of the molecule is c1ccc(N(c2ccc(-c3ccc(-n4c5ccc(-c6ccc(-c7ccc8oc9ccccc9c8c7)cc6)cc5c5cc(-c6ccc(-c7ccc8oc9ccccc9c8c7)cc6)ccc54)cc3)cc2)c2cccc3ccccc23)cc1. The molecule has 0 spiro atoms. The molecule has 13 aromatic carbocycles. The van der Waals surface area contributed by atoms with Crippen LogP contribution in [0.1, 0.15) is 0 Å². The largest absolute Gasteiger partial charge is 0.456 e. The van der Waals surface area contributed by atoms with Crippen LogP contribution in [0.4, 0.5) is 17.1 Å². The highest BCUT2D eigenvalue weighted by Crippen LogP contribution is 2.42. The summed E-state index contributed by atoms with van der Waals surface area (Å²) in [6, 6.07) is 105. The Morgan fingerprint density at radius 2 is 0.600 bits per heavy atom. The highest BCUT2D eigenvalue weighted by atomic mass is 16.3. The zero-order valence-electron chi connectivity index (χ0n) is 43.4. The zero-order valence-corrected chi connectivity index (χ0v) is 43.4. The Morgan fingerprint density at radius 1 is 0.237 bits per heavy atom. The van der Waals surface area contributed by atoms with Gasteiger partial charge in [-0.05, 0) is 164 Å². The van der Waals surface area contributed by atoms with E-state index in [0.717, 1.165) is 99.9 Å². The molecule has 4 nitrogen and oxygen atoms in total. The molecule has 4 heteroatoms. The number of hydrogen-bond acceptors (Lipinski definition) is 3. The number of rotatable bonds is 9. The standard InChI is InChI=1S/C76H48N2O2/c1-2-13-60(14-3-1)77(70-18-10-12-55-11-4-5-15-63(55)70)61-37-29-49(30-38-61)50-31-39-62(40-32-50)78-71-41-33-56(51-21-25-53(26-22-51)58-35-43-75-68(47-58)64-16-6-8-19-73(64)79-75)45-66(71)67-46-57(34-42-72(67)78)52-23-27-54(28-24-52)59-36-44-76-69(48-59)65-17-7-9-20-74(65)80-76/h1-48H. The van der Waals surface area contributed by atoms with E-state index in [1.165, 1.54) is 54.9 Å². The minimum Gasteiger partial charge on any atom is -0.456 e. The number of nitrogens with zero attached hydrogens (tertiary/aromatic N) is 2. The van der Waals surface area contributed by atoms with Gasteiger partial charge in [0.25, 0.3) is 0 Å². The van der Waals surface area contributed by atoms with Crippen molar-refractivity contribution >= 4 is 93.5 Å². The van der Waals surface area contributed by atoms with Crippen LogP contribution in [0, 0.1) is 0 Å². The van der Waals surface area contributed by atoms with Crippen LogP contribution in [0.5, 0.6) is 0 Å². The third-order valence-electron chi connectivity index (χ3n) is 16.2. The molecule has 0 aliphatic carbocycles. The molecular weight excluding hydrogens is 973 g/mol. The van der Waals surface area contributed by atoms with Crippen molar-refractivity contribution < 1.29 is 8.83 Å². The number of para-hydroxylation sites is 3. The molecule has 0 fully saturated rings. The van der Waals surface area contributed by atoms with E-state index < -0.39 is 0 Å². The summed E-state index contributed by atoms with van der Waals surface area (Å²) >= 11 is 0. The first kappa shape index (κ1) is 45.5. The number of anilines is 3. The molecule has 0 saturated carbocycles. The smallest absolute Gasteiger partial charge is 0.135 e. The van der Waals surface area contributed by atoms with Gasteiger partial charge in [-0.25, -0.2) is 0 Å².